The number of hydrogen-bond donors (Lipinski definition) is 1. The molecule has 3 rings (SSSR count). The summed E-state index contributed by atoms with van der Waals surface area (Å²) in [6.45, 7) is 2.69. The monoisotopic (exact) mass is 756 g/mol. The Morgan fingerprint density at radius 2 is 1.54 bits per heavy atom. The van der Waals surface area contributed by atoms with E-state index in [1.165, 1.54) is 13.2 Å². The fraction of sp³-hybridized carbons (Fsp3) is 0.273. The van der Waals surface area contributed by atoms with Gasteiger partial charge in [0, 0.05) is 22.9 Å². The molecule has 0 spiro atoms. The zero-order valence-corrected chi connectivity index (χ0v) is 25.5. The summed E-state index contributed by atoms with van der Waals surface area (Å²) >= 11 is 19.4. The van der Waals surface area contributed by atoms with Crippen LogP contribution in [0.25, 0.3) is 0 Å². The molecule has 13 heteroatoms. The molecule has 1 aliphatic heterocycles. The SMILES string of the molecule is COc1ccc(Cl)cc1NC(=O)COC(=O)[C@H](C(C)C)N1C(=O)c2c(Br)c(Br)c(Br)c(Br)c2C1=O. The highest BCUT2D eigenvalue weighted by atomic mass is 79.9. The third-order valence-corrected chi connectivity index (χ3v) is 10.1. The van der Waals surface area contributed by atoms with Gasteiger partial charge in [0.25, 0.3) is 17.7 Å². The van der Waals surface area contributed by atoms with Gasteiger partial charge in [0.2, 0.25) is 0 Å². The normalized spacial score (nSPS) is 13.7. The summed E-state index contributed by atoms with van der Waals surface area (Å²) in [5.41, 5.74) is 0.523. The maximum Gasteiger partial charge on any atom is 0.330 e. The highest BCUT2D eigenvalue weighted by molar-refractivity contribution is 9.15. The Hall–Kier alpha value is -1.47. The topological polar surface area (TPSA) is 102 Å². The van der Waals surface area contributed by atoms with Gasteiger partial charge in [-0.2, -0.15) is 0 Å². The number of methoxy groups -OCH3 is 1. The van der Waals surface area contributed by atoms with Crippen LogP contribution in [-0.4, -0.2) is 48.3 Å². The molecule has 2 aromatic rings. The fourth-order valence-corrected chi connectivity index (χ4v) is 6.11. The standard InChI is InChI=1S/C22H17Br4ClN2O6/c1-8(2)19(22(33)35-7-12(30)28-10-6-9(27)4-5-11(10)34-3)29-20(31)13-14(21(29)32)16(24)18(26)17(25)15(13)23/h4-6,8,19H,7H2,1-3H3,(H,28,30)/t19-/m0/s1. The molecule has 35 heavy (non-hydrogen) atoms. The first kappa shape index (κ1) is 28.1. The van der Waals surface area contributed by atoms with E-state index in [0.29, 0.717) is 34.4 Å². The number of hydrogen-bond acceptors (Lipinski definition) is 6. The third-order valence-electron chi connectivity index (χ3n) is 5.06. The highest BCUT2D eigenvalue weighted by Gasteiger charge is 2.47. The van der Waals surface area contributed by atoms with Gasteiger partial charge in [-0.3, -0.25) is 19.3 Å². The van der Waals surface area contributed by atoms with Crippen molar-refractivity contribution in [1.82, 2.24) is 4.90 Å². The number of rotatable bonds is 7. The Balaban J connectivity index is 1.81. The average Bonchev–Trinajstić information content (AvgIpc) is 3.05. The van der Waals surface area contributed by atoms with Crippen LogP contribution >= 0.6 is 75.3 Å². The van der Waals surface area contributed by atoms with Crippen molar-refractivity contribution < 1.29 is 28.7 Å². The van der Waals surface area contributed by atoms with Crippen molar-refractivity contribution in [3.05, 3.63) is 52.2 Å². The third kappa shape index (κ3) is 5.46. The summed E-state index contributed by atoms with van der Waals surface area (Å²) in [4.78, 5) is 52.9. The minimum atomic E-state index is -1.26. The number of amides is 3. The molecule has 0 unspecified atom stereocenters. The molecule has 1 N–H and O–H groups in total. The molecular formula is C22H17Br4ClN2O6. The number of nitrogens with one attached hydrogen (secondary N) is 1. The van der Waals surface area contributed by atoms with E-state index in [9.17, 15) is 19.2 Å². The number of ether oxygens (including phenoxy) is 2. The number of halogens is 5. The lowest BCUT2D eigenvalue weighted by molar-refractivity contribution is -0.152. The Morgan fingerprint density at radius 1 is 1.00 bits per heavy atom. The van der Waals surface area contributed by atoms with Crippen molar-refractivity contribution in [3.63, 3.8) is 0 Å². The predicted molar refractivity (Wildman–Crippen MR) is 144 cm³/mol. The zero-order valence-electron chi connectivity index (χ0n) is 18.4. The van der Waals surface area contributed by atoms with E-state index in [1.54, 1.807) is 26.0 Å². The summed E-state index contributed by atoms with van der Waals surface area (Å²) in [6.07, 6.45) is 0. The Bertz CT molecular complexity index is 1210. The van der Waals surface area contributed by atoms with E-state index in [1.807, 2.05) is 0 Å². The van der Waals surface area contributed by atoms with E-state index < -0.39 is 42.3 Å². The Morgan fingerprint density at radius 3 is 2.03 bits per heavy atom. The molecule has 1 atom stereocenters. The molecule has 0 fully saturated rings. The number of anilines is 1. The number of imide groups is 1. The molecule has 0 bridgehead atoms. The summed E-state index contributed by atoms with van der Waals surface area (Å²) < 4.78 is 12.2. The van der Waals surface area contributed by atoms with Crippen LogP contribution in [0.3, 0.4) is 0 Å². The van der Waals surface area contributed by atoms with Crippen molar-refractivity contribution in [2.45, 2.75) is 19.9 Å². The van der Waals surface area contributed by atoms with Crippen LogP contribution in [0.5, 0.6) is 5.75 Å². The number of esters is 1. The number of fused-ring (bicyclic) bond motifs is 1. The number of carbonyl (C=O) groups excluding carboxylic acids is 4. The maximum absolute atomic E-state index is 13.3. The first-order chi connectivity index (χ1) is 16.4. The molecule has 0 radical (unpaired) electrons. The second-order valence-corrected chi connectivity index (χ2v) is 11.3. The van der Waals surface area contributed by atoms with Gasteiger partial charge in [0.1, 0.15) is 11.8 Å². The first-order valence-electron chi connectivity index (χ1n) is 9.94. The van der Waals surface area contributed by atoms with Crippen LogP contribution in [0.4, 0.5) is 5.69 Å². The van der Waals surface area contributed by atoms with Crippen molar-refractivity contribution in [2.75, 3.05) is 19.0 Å². The van der Waals surface area contributed by atoms with E-state index >= 15 is 0 Å². The van der Waals surface area contributed by atoms with Crippen molar-refractivity contribution in [1.29, 1.82) is 0 Å². The molecule has 3 amide bonds. The van der Waals surface area contributed by atoms with E-state index in [2.05, 4.69) is 69.0 Å². The second kappa shape index (κ2) is 11.3. The quantitative estimate of drug-likeness (QED) is 0.156. The molecule has 186 valence electrons. The lowest BCUT2D eigenvalue weighted by atomic mass is 10.0. The maximum atomic E-state index is 13.3. The Kier molecular flexibility index (Phi) is 9.06. The molecular weight excluding hydrogens is 743 g/mol. The van der Waals surface area contributed by atoms with E-state index in [0.717, 1.165) is 4.90 Å². The molecule has 0 aromatic heterocycles. The van der Waals surface area contributed by atoms with E-state index in [-0.39, 0.29) is 11.1 Å². The van der Waals surface area contributed by atoms with Gasteiger partial charge in [0.05, 0.1) is 23.9 Å². The summed E-state index contributed by atoms with van der Waals surface area (Å²) in [7, 11) is 1.43. The van der Waals surface area contributed by atoms with Crippen LogP contribution < -0.4 is 10.1 Å². The molecule has 0 saturated carbocycles. The smallest absolute Gasteiger partial charge is 0.330 e. The summed E-state index contributed by atoms with van der Waals surface area (Å²) in [5, 5.41) is 2.93. The number of nitrogens with zero attached hydrogens (tertiary/aromatic N) is 1. The van der Waals surface area contributed by atoms with Crippen LogP contribution in [0.1, 0.15) is 34.6 Å². The molecule has 1 heterocycles. The lowest BCUT2D eigenvalue weighted by Crippen LogP contribution is -2.49. The first-order valence-corrected chi connectivity index (χ1v) is 13.5. The van der Waals surface area contributed by atoms with Crippen LogP contribution in [0, 0.1) is 5.92 Å². The minimum absolute atomic E-state index is 0.112. The molecule has 1 aliphatic rings. The van der Waals surface area contributed by atoms with Crippen LogP contribution in [0.2, 0.25) is 5.02 Å². The van der Waals surface area contributed by atoms with Gasteiger partial charge in [-0.25, -0.2) is 4.79 Å². The number of carbonyl (C=O) groups is 4. The number of benzene rings is 2. The van der Waals surface area contributed by atoms with Crippen molar-refractivity contribution >= 4 is 105 Å². The van der Waals surface area contributed by atoms with Crippen molar-refractivity contribution in [3.8, 4) is 5.75 Å². The van der Waals surface area contributed by atoms with Gasteiger partial charge in [-0.1, -0.05) is 25.4 Å². The van der Waals surface area contributed by atoms with Crippen molar-refractivity contribution in [2.24, 2.45) is 5.92 Å². The fourth-order valence-electron chi connectivity index (χ4n) is 3.48. The second-order valence-electron chi connectivity index (χ2n) is 7.68. The lowest BCUT2D eigenvalue weighted by Gasteiger charge is -2.27. The molecule has 0 aliphatic carbocycles. The van der Waals surface area contributed by atoms with Gasteiger partial charge in [-0.15, -0.1) is 0 Å². The Labute approximate surface area is 239 Å². The van der Waals surface area contributed by atoms with Crippen LogP contribution in [-0.2, 0) is 14.3 Å². The largest absolute Gasteiger partial charge is 0.495 e. The molecule has 8 nitrogen and oxygen atoms in total. The average molecular weight is 760 g/mol. The predicted octanol–water partition coefficient (Wildman–Crippen LogP) is 6.20. The van der Waals surface area contributed by atoms with Gasteiger partial charge >= 0.3 is 5.97 Å². The van der Waals surface area contributed by atoms with Gasteiger partial charge in [0.15, 0.2) is 6.61 Å². The van der Waals surface area contributed by atoms with Crippen LogP contribution in [0.15, 0.2) is 36.1 Å². The minimum Gasteiger partial charge on any atom is -0.495 e. The molecule has 0 saturated heterocycles. The zero-order chi connectivity index (χ0) is 26.2. The molecule has 2 aromatic carbocycles. The summed E-state index contributed by atoms with van der Waals surface area (Å²) in [6, 6.07) is 3.40. The van der Waals surface area contributed by atoms with Gasteiger partial charge in [-0.05, 0) is 87.8 Å². The summed E-state index contributed by atoms with van der Waals surface area (Å²) in [5.74, 6) is -2.99. The van der Waals surface area contributed by atoms with Gasteiger partial charge < -0.3 is 14.8 Å². The highest BCUT2D eigenvalue weighted by Crippen LogP contribution is 2.46. The van der Waals surface area contributed by atoms with E-state index in [4.69, 9.17) is 21.1 Å².